The van der Waals surface area contributed by atoms with Crippen LogP contribution in [-0.4, -0.2) is 41.6 Å². The lowest BCUT2D eigenvalue weighted by Crippen LogP contribution is -2.57. The van der Waals surface area contributed by atoms with Crippen LogP contribution >= 0.6 is 11.3 Å². The molecule has 0 aliphatic carbocycles. The normalized spacial score (nSPS) is 19.7. The number of likely N-dealkylation sites (tertiary alicyclic amines) is 1. The molecule has 0 spiro atoms. The predicted octanol–water partition coefficient (Wildman–Crippen LogP) is 2.15. The first kappa shape index (κ1) is 13.0. The van der Waals surface area contributed by atoms with Crippen LogP contribution in [0.25, 0.3) is 0 Å². The van der Waals surface area contributed by atoms with Crippen LogP contribution in [0.4, 0.5) is 0 Å². The van der Waals surface area contributed by atoms with Crippen LogP contribution in [0, 0.1) is 0 Å². The summed E-state index contributed by atoms with van der Waals surface area (Å²) in [5, 5.41) is 6.78. The van der Waals surface area contributed by atoms with Crippen molar-refractivity contribution in [3.05, 3.63) is 16.6 Å². The van der Waals surface area contributed by atoms with E-state index in [0.29, 0.717) is 6.04 Å². The van der Waals surface area contributed by atoms with E-state index in [1.165, 1.54) is 30.9 Å². The summed E-state index contributed by atoms with van der Waals surface area (Å²) in [6.45, 7) is 7.19. The van der Waals surface area contributed by atoms with Crippen molar-refractivity contribution in [1.82, 2.24) is 15.2 Å². The number of hydrogen-bond acceptors (Lipinski definition) is 4. The van der Waals surface area contributed by atoms with E-state index in [2.05, 4.69) is 41.5 Å². The molecular formula is C13H23N3S. The maximum atomic E-state index is 4.40. The van der Waals surface area contributed by atoms with Crippen molar-refractivity contribution >= 4 is 11.3 Å². The van der Waals surface area contributed by atoms with Gasteiger partial charge in [-0.2, -0.15) is 0 Å². The summed E-state index contributed by atoms with van der Waals surface area (Å²) in [6.07, 6.45) is 5.61. The van der Waals surface area contributed by atoms with E-state index in [9.17, 15) is 0 Å². The molecule has 2 rings (SSSR count). The van der Waals surface area contributed by atoms with Gasteiger partial charge in [-0.25, -0.2) is 4.98 Å². The number of rotatable bonds is 5. The number of aromatic nitrogens is 1. The highest BCUT2D eigenvalue weighted by molar-refractivity contribution is 7.09. The molecule has 3 nitrogen and oxygen atoms in total. The molecule has 1 saturated heterocycles. The highest BCUT2D eigenvalue weighted by Crippen LogP contribution is 2.26. The van der Waals surface area contributed by atoms with Gasteiger partial charge in [-0.05, 0) is 46.8 Å². The summed E-state index contributed by atoms with van der Waals surface area (Å²) < 4.78 is 0. The van der Waals surface area contributed by atoms with Crippen molar-refractivity contribution in [3.8, 4) is 0 Å². The van der Waals surface area contributed by atoms with Gasteiger partial charge in [-0.3, -0.25) is 4.90 Å². The molecule has 0 bridgehead atoms. The second-order valence-electron chi connectivity index (χ2n) is 5.32. The second-order valence-corrected chi connectivity index (χ2v) is 6.30. The van der Waals surface area contributed by atoms with Crippen molar-refractivity contribution in [2.75, 3.05) is 20.1 Å². The first-order valence-electron chi connectivity index (χ1n) is 6.45. The topological polar surface area (TPSA) is 28.2 Å². The lowest BCUT2D eigenvalue weighted by Gasteiger charge is -2.42. The van der Waals surface area contributed by atoms with Gasteiger partial charge >= 0.3 is 0 Å². The first-order valence-corrected chi connectivity index (χ1v) is 7.33. The highest BCUT2D eigenvalue weighted by Gasteiger charge is 2.36. The minimum atomic E-state index is 0.205. The molecule has 0 radical (unpaired) electrons. The fourth-order valence-electron chi connectivity index (χ4n) is 2.75. The molecular weight excluding hydrogens is 230 g/mol. The van der Waals surface area contributed by atoms with Gasteiger partial charge in [-0.15, -0.1) is 11.3 Å². The minimum absolute atomic E-state index is 0.205. The summed E-state index contributed by atoms with van der Waals surface area (Å²) in [5.74, 6) is 0. The standard InChI is InChI=1S/C13H23N3S/c1-13(2,16-7-4-5-8-16)11(14-3)10-12-15-6-9-17-12/h6,9,11,14H,4-5,7-8,10H2,1-3H3. The molecule has 1 aromatic heterocycles. The summed E-state index contributed by atoms with van der Waals surface area (Å²) in [6, 6.07) is 0.465. The molecule has 0 amide bonds. The Balaban J connectivity index is 2.05. The zero-order valence-corrected chi connectivity index (χ0v) is 11.9. The molecule has 0 saturated carbocycles. The molecule has 1 aliphatic rings. The Kier molecular flexibility index (Phi) is 4.17. The Morgan fingerprint density at radius 1 is 1.47 bits per heavy atom. The van der Waals surface area contributed by atoms with E-state index >= 15 is 0 Å². The third-order valence-corrected chi connectivity index (χ3v) is 4.79. The minimum Gasteiger partial charge on any atom is -0.315 e. The predicted molar refractivity (Wildman–Crippen MR) is 73.6 cm³/mol. The lowest BCUT2D eigenvalue weighted by atomic mass is 9.90. The van der Waals surface area contributed by atoms with E-state index < -0.39 is 0 Å². The molecule has 1 aliphatic heterocycles. The molecule has 4 heteroatoms. The van der Waals surface area contributed by atoms with Crippen molar-refractivity contribution < 1.29 is 0 Å². The molecule has 1 fully saturated rings. The fourth-order valence-corrected chi connectivity index (χ4v) is 3.41. The Morgan fingerprint density at radius 3 is 2.71 bits per heavy atom. The molecule has 2 heterocycles. The quantitative estimate of drug-likeness (QED) is 0.871. The van der Waals surface area contributed by atoms with Gasteiger partial charge in [0.15, 0.2) is 0 Å². The average molecular weight is 253 g/mol. The number of hydrogen-bond donors (Lipinski definition) is 1. The van der Waals surface area contributed by atoms with E-state index in [1.54, 1.807) is 11.3 Å². The van der Waals surface area contributed by atoms with Crippen molar-refractivity contribution in [1.29, 1.82) is 0 Å². The highest BCUT2D eigenvalue weighted by atomic mass is 32.1. The molecule has 0 aromatic carbocycles. The van der Waals surface area contributed by atoms with E-state index in [1.807, 2.05) is 6.20 Å². The van der Waals surface area contributed by atoms with E-state index in [0.717, 1.165) is 6.42 Å². The van der Waals surface area contributed by atoms with Gasteiger partial charge in [-0.1, -0.05) is 0 Å². The van der Waals surface area contributed by atoms with Gasteiger partial charge in [0.25, 0.3) is 0 Å². The van der Waals surface area contributed by atoms with Gasteiger partial charge in [0.05, 0.1) is 5.01 Å². The summed E-state index contributed by atoms with van der Waals surface area (Å²) in [5.41, 5.74) is 0.205. The van der Waals surface area contributed by atoms with E-state index in [-0.39, 0.29) is 5.54 Å². The summed E-state index contributed by atoms with van der Waals surface area (Å²) >= 11 is 1.76. The number of thiazole rings is 1. The maximum Gasteiger partial charge on any atom is 0.0941 e. The third-order valence-electron chi connectivity index (χ3n) is 3.98. The van der Waals surface area contributed by atoms with Crippen LogP contribution in [0.2, 0.25) is 0 Å². The third kappa shape index (κ3) is 2.87. The van der Waals surface area contributed by atoms with Gasteiger partial charge < -0.3 is 5.32 Å². The van der Waals surface area contributed by atoms with Crippen molar-refractivity contribution in [2.45, 2.75) is 44.7 Å². The fraction of sp³-hybridized carbons (Fsp3) is 0.769. The van der Waals surface area contributed by atoms with Crippen LogP contribution in [0.3, 0.4) is 0 Å². The van der Waals surface area contributed by atoms with Crippen molar-refractivity contribution in [3.63, 3.8) is 0 Å². The molecule has 1 aromatic rings. The van der Waals surface area contributed by atoms with Gasteiger partial charge in [0.2, 0.25) is 0 Å². The summed E-state index contributed by atoms with van der Waals surface area (Å²) in [7, 11) is 2.07. The SMILES string of the molecule is CNC(Cc1nccs1)C(C)(C)N1CCCC1. The Morgan fingerprint density at radius 2 is 2.18 bits per heavy atom. The smallest absolute Gasteiger partial charge is 0.0941 e. The number of nitrogens with zero attached hydrogens (tertiary/aromatic N) is 2. The Bertz CT molecular complexity index is 328. The van der Waals surface area contributed by atoms with Crippen LogP contribution in [-0.2, 0) is 6.42 Å². The van der Waals surface area contributed by atoms with Crippen LogP contribution in [0.15, 0.2) is 11.6 Å². The van der Waals surface area contributed by atoms with Crippen molar-refractivity contribution in [2.24, 2.45) is 0 Å². The van der Waals surface area contributed by atoms with E-state index in [4.69, 9.17) is 0 Å². The van der Waals surface area contributed by atoms with Crippen LogP contribution in [0.5, 0.6) is 0 Å². The summed E-state index contributed by atoms with van der Waals surface area (Å²) in [4.78, 5) is 7.02. The number of nitrogens with one attached hydrogen (secondary N) is 1. The second kappa shape index (κ2) is 5.46. The molecule has 96 valence electrons. The van der Waals surface area contributed by atoms with Crippen LogP contribution < -0.4 is 5.32 Å². The maximum absolute atomic E-state index is 4.40. The van der Waals surface area contributed by atoms with Gasteiger partial charge in [0.1, 0.15) is 0 Å². The van der Waals surface area contributed by atoms with Gasteiger partial charge in [0, 0.05) is 29.6 Å². The zero-order valence-electron chi connectivity index (χ0n) is 11.1. The molecule has 1 unspecified atom stereocenters. The Labute approximate surface area is 108 Å². The zero-order chi connectivity index (χ0) is 12.3. The molecule has 17 heavy (non-hydrogen) atoms. The lowest BCUT2D eigenvalue weighted by molar-refractivity contribution is 0.110. The molecule has 1 atom stereocenters. The largest absolute Gasteiger partial charge is 0.315 e. The molecule has 1 N–H and O–H groups in total. The monoisotopic (exact) mass is 253 g/mol. The van der Waals surface area contributed by atoms with Crippen LogP contribution in [0.1, 0.15) is 31.7 Å². The number of likely N-dealkylation sites (N-methyl/N-ethyl adjacent to an activating group) is 1. The first-order chi connectivity index (χ1) is 8.14. The Hall–Kier alpha value is -0.450. The average Bonchev–Trinajstić information content (AvgIpc) is 2.98.